The lowest BCUT2D eigenvalue weighted by Crippen LogP contribution is -2.33. The van der Waals surface area contributed by atoms with Gasteiger partial charge in [-0.25, -0.2) is 0 Å². The summed E-state index contributed by atoms with van der Waals surface area (Å²) in [4.78, 5) is 27.5. The van der Waals surface area contributed by atoms with E-state index >= 15 is 0 Å². The standard InChI is InChI=1S/C24H29N3O3/c1-2-30-19-13-9-17(10-14-19)22-8-5-15-27(22)16-23(28)26-21-7-4-3-6-20(21)24(29)25-18-11-12-18/h3-4,6-7,9-10,13-14,18,22H,2,5,8,11-12,15-16H2,1H3,(H,25,29)(H,26,28). The topological polar surface area (TPSA) is 70.7 Å². The van der Waals surface area contributed by atoms with E-state index < -0.39 is 0 Å². The predicted molar refractivity (Wildman–Crippen MR) is 117 cm³/mol. The summed E-state index contributed by atoms with van der Waals surface area (Å²) in [5.41, 5.74) is 2.28. The number of anilines is 1. The first-order chi connectivity index (χ1) is 14.6. The Hall–Kier alpha value is -2.86. The zero-order valence-electron chi connectivity index (χ0n) is 17.4. The van der Waals surface area contributed by atoms with Crippen LogP contribution in [0, 0.1) is 0 Å². The van der Waals surface area contributed by atoms with Gasteiger partial charge in [0.25, 0.3) is 5.91 Å². The van der Waals surface area contributed by atoms with E-state index in [4.69, 9.17) is 4.74 Å². The first kappa shape index (κ1) is 20.4. The quantitative estimate of drug-likeness (QED) is 0.699. The van der Waals surface area contributed by atoms with Crippen molar-refractivity contribution >= 4 is 17.5 Å². The summed E-state index contributed by atoms with van der Waals surface area (Å²) < 4.78 is 5.53. The SMILES string of the molecule is CCOc1ccc(C2CCCN2CC(=O)Nc2ccccc2C(=O)NC2CC2)cc1. The minimum atomic E-state index is -0.123. The zero-order chi connectivity index (χ0) is 20.9. The second-order valence-corrected chi connectivity index (χ2v) is 7.97. The molecule has 1 aliphatic carbocycles. The average molecular weight is 408 g/mol. The summed E-state index contributed by atoms with van der Waals surface area (Å²) in [6.45, 7) is 3.81. The van der Waals surface area contributed by atoms with Crippen LogP contribution in [0.15, 0.2) is 48.5 Å². The molecular weight excluding hydrogens is 378 g/mol. The van der Waals surface area contributed by atoms with Gasteiger partial charge in [0.1, 0.15) is 5.75 Å². The molecule has 2 N–H and O–H groups in total. The fourth-order valence-corrected chi connectivity index (χ4v) is 4.00. The monoisotopic (exact) mass is 407 g/mol. The van der Waals surface area contributed by atoms with E-state index in [2.05, 4.69) is 27.7 Å². The number of nitrogens with zero attached hydrogens (tertiary/aromatic N) is 1. The van der Waals surface area contributed by atoms with Crippen molar-refractivity contribution in [2.24, 2.45) is 0 Å². The number of amides is 2. The summed E-state index contributed by atoms with van der Waals surface area (Å²) in [7, 11) is 0. The summed E-state index contributed by atoms with van der Waals surface area (Å²) >= 11 is 0. The maximum absolute atomic E-state index is 12.8. The number of nitrogens with one attached hydrogen (secondary N) is 2. The van der Waals surface area contributed by atoms with Crippen molar-refractivity contribution in [3.05, 3.63) is 59.7 Å². The molecule has 2 aromatic carbocycles. The molecule has 30 heavy (non-hydrogen) atoms. The molecule has 0 bridgehead atoms. The molecule has 6 heteroatoms. The fraction of sp³-hybridized carbons (Fsp3) is 0.417. The van der Waals surface area contributed by atoms with Crippen molar-refractivity contribution in [3.8, 4) is 5.75 Å². The highest BCUT2D eigenvalue weighted by atomic mass is 16.5. The zero-order valence-corrected chi connectivity index (χ0v) is 17.4. The molecular formula is C24H29N3O3. The van der Waals surface area contributed by atoms with E-state index in [0.717, 1.165) is 38.0 Å². The molecule has 0 aromatic heterocycles. The lowest BCUT2D eigenvalue weighted by Gasteiger charge is -2.24. The van der Waals surface area contributed by atoms with Gasteiger partial charge >= 0.3 is 0 Å². The van der Waals surface area contributed by atoms with E-state index in [9.17, 15) is 9.59 Å². The van der Waals surface area contributed by atoms with Crippen LogP contribution < -0.4 is 15.4 Å². The largest absolute Gasteiger partial charge is 0.494 e. The number of hydrogen-bond acceptors (Lipinski definition) is 4. The highest BCUT2D eigenvalue weighted by molar-refractivity contribution is 6.04. The van der Waals surface area contributed by atoms with Crippen molar-refractivity contribution in [1.29, 1.82) is 0 Å². The van der Waals surface area contributed by atoms with Gasteiger partial charge < -0.3 is 15.4 Å². The predicted octanol–water partition coefficient (Wildman–Crippen LogP) is 3.75. The molecule has 1 atom stereocenters. The summed E-state index contributed by atoms with van der Waals surface area (Å²) in [6.07, 6.45) is 4.15. The van der Waals surface area contributed by atoms with Crippen LogP contribution >= 0.6 is 0 Å². The second-order valence-electron chi connectivity index (χ2n) is 7.97. The first-order valence-electron chi connectivity index (χ1n) is 10.8. The van der Waals surface area contributed by atoms with Gasteiger partial charge in [0.15, 0.2) is 0 Å². The molecule has 1 heterocycles. The molecule has 1 aliphatic heterocycles. The van der Waals surface area contributed by atoms with Gasteiger partial charge in [-0.05, 0) is 69.0 Å². The Bertz CT molecular complexity index is 893. The van der Waals surface area contributed by atoms with Crippen LogP contribution in [0.5, 0.6) is 5.75 Å². The van der Waals surface area contributed by atoms with E-state index in [0.29, 0.717) is 24.4 Å². The highest BCUT2D eigenvalue weighted by Crippen LogP contribution is 2.32. The fourth-order valence-electron chi connectivity index (χ4n) is 4.00. The molecule has 4 rings (SSSR count). The number of likely N-dealkylation sites (tertiary alicyclic amines) is 1. The number of hydrogen-bond donors (Lipinski definition) is 2. The lowest BCUT2D eigenvalue weighted by molar-refractivity contribution is -0.117. The van der Waals surface area contributed by atoms with Crippen molar-refractivity contribution in [2.45, 2.75) is 44.7 Å². The normalized spacial score (nSPS) is 18.8. The van der Waals surface area contributed by atoms with Crippen LogP contribution in [0.25, 0.3) is 0 Å². The second kappa shape index (κ2) is 9.30. The van der Waals surface area contributed by atoms with Gasteiger partial charge in [0.2, 0.25) is 5.91 Å². The third-order valence-corrected chi connectivity index (χ3v) is 5.64. The van der Waals surface area contributed by atoms with Gasteiger partial charge in [0.05, 0.1) is 24.4 Å². The Morgan fingerprint density at radius 3 is 2.57 bits per heavy atom. The summed E-state index contributed by atoms with van der Waals surface area (Å²) in [5, 5.41) is 5.94. The maximum atomic E-state index is 12.8. The van der Waals surface area contributed by atoms with Crippen LogP contribution in [0.3, 0.4) is 0 Å². The minimum absolute atomic E-state index is 0.0977. The third kappa shape index (κ3) is 5.00. The van der Waals surface area contributed by atoms with Gasteiger partial charge in [0, 0.05) is 12.1 Å². The molecule has 0 spiro atoms. The maximum Gasteiger partial charge on any atom is 0.253 e. The Labute approximate surface area is 177 Å². The van der Waals surface area contributed by atoms with Crippen LogP contribution in [-0.4, -0.2) is 42.5 Å². The molecule has 2 aliphatic rings. The van der Waals surface area contributed by atoms with Gasteiger partial charge in [-0.15, -0.1) is 0 Å². The van der Waals surface area contributed by atoms with Crippen molar-refractivity contribution in [2.75, 3.05) is 25.0 Å². The number of carbonyl (C=O) groups excluding carboxylic acids is 2. The van der Waals surface area contributed by atoms with E-state index in [-0.39, 0.29) is 23.9 Å². The molecule has 1 unspecified atom stereocenters. The van der Waals surface area contributed by atoms with Gasteiger partial charge in [-0.2, -0.15) is 0 Å². The number of rotatable bonds is 8. The number of ether oxygens (including phenoxy) is 1. The number of carbonyl (C=O) groups is 2. The van der Waals surface area contributed by atoms with Crippen molar-refractivity contribution in [1.82, 2.24) is 10.2 Å². The Morgan fingerprint density at radius 2 is 1.83 bits per heavy atom. The third-order valence-electron chi connectivity index (χ3n) is 5.64. The van der Waals surface area contributed by atoms with Crippen molar-refractivity contribution in [3.63, 3.8) is 0 Å². The van der Waals surface area contributed by atoms with Crippen LogP contribution in [0.1, 0.15) is 54.6 Å². The molecule has 158 valence electrons. The van der Waals surface area contributed by atoms with Crippen LogP contribution in [0.4, 0.5) is 5.69 Å². The average Bonchev–Trinajstić information content (AvgIpc) is 3.44. The Kier molecular flexibility index (Phi) is 6.33. The van der Waals surface area contributed by atoms with E-state index in [1.165, 1.54) is 5.56 Å². The molecule has 2 aromatic rings. The van der Waals surface area contributed by atoms with Crippen molar-refractivity contribution < 1.29 is 14.3 Å². The smallest absolute Gasteiger partial charge is 0.253 e. The molecule has 1 saturated heterocycles. The molecule has 1 saturated carbocycles. The van der Waals surface area contributed by atoms with E-state index in [1.54, 1.807) is 12.1 Å². The van der Waals surface area contributed by atoms with Crippen LogP contribution in [0.2, 0.25) is 0 Å². The summed E-state index contributed by atoms with van der Waals surface area (Å²) in [5.74, 6) is 0.644. The van der Waals surface area contributed by atoms with Gasteiger partial charge in [-0.1, -0.05) is 24.3 Å². The molecule has 2 fully saturated rings. The highest BCUT2D eigenvalue weighted by Gasteiger charge is 2.28. The Balaban J connectivity index is 1.39. The first-order valence-corrected chi connectivity index (χ1v) is 10.8. The number of para-hydroxylation sites is 1. The van der Waals surface area contributed by atoms with Gasteiger partial charge in [-0.3, -0.25) is 14.5 Å². The molecule has 6 nitrogen and oxygen atoms in total. The lowest BCUT2D eigenvalue weighted by atomic mass is 10.0. The summed E-state index contributed by atoms with van der Waals surface area (Å²) in [6, 6.07) is 15.9. The Morgan fingerprint density at radius 1 is 1.07 bits per heavy atom. The number of benzene rings is 2. The van der Waals surface area contributed by atoms with E-state index in [1.807, 2.05) is 31.2 Å². The molecule has 2 amide bonds. The molecule has 0 radical (unpaired) electrons. The van der Waals surface area contributed by atoms with Crippen LogP contribution in [-0.2, 0) is 4.79 Å². The minimum Gasteiger partial charge on any atom is -0.494 e.